The lowest BCUT2D eigenvalue weighted by molar-refractivity contribution is -0.137. The van der Waals surface area contributed by atoms with Crippen molar-refractivity contribution in [2.45, 2.75) is 39.2 Å². The fourth-order valence-electron chi connectivity index (χ4n) is 2.58. The molecule has 0 fully saturated rings. The van der Waals surface area contributed by atoms with Crippen molar-refractivity contribution < 1.29 is 22.6 Å². The largest absolute Gasteiger partial charge is 0.486 e. The Kier molecular flexibility index (Phi) is 6.14. The lowest BCUT2D eigenvalue weighted by atomic mass is 10.2. The van der Waals surface area contributed by atoms with Gasteiger partial charge in [0, 0.05) is 6.20 Å². The third-order valence-corrected chi connectivity index (χ3v) is 3.84. The normalized spacial score (nSPS) is 11.8. The summed E-state index contributed by atoms with van der Waals surface area (Å²) in [5, 5.41) is 2.73. The molecule has 0 amide bonds. The van der Waals surface area contributed by atoms with Gasteiger partial charge in [0.1, 0.15) is 29.3 Å². The second kappa shape index (κ2) is 8.61. The fourth-order valence-corrected chi connectivity index (χ4v) is 2.58. The van der Waals surface area contributed by atoms with Gasteiger partial charge in [0.15, 0.2) is 0 Å². The number of para-hydroxylation sites is 2. The van der Waals surface area contributed by atoms with Crippen LogP contribution in [0.15, 0.2) is 60.8 Å². The van der Waals surface area contributed by atoms with Crippen molar-refractivity contribution in [3.8, 4) is 11.8 Å². The Morgan fingerprint density at radius 2 is 1.60 bits per heavy atom. The molecule has 3 rings (SSSR count). The van der Waals surface area contributed by atoms with Crippen molar-refractivity contribution in [1.82, 2.24) is 9.97 Å². The van der Waals surface area contributed by atoms with Crippen LogP contribution in [0, 0.1) is 0 Å². The number of rotatable bonds is 6. The molecular formula is C22H22F3N3O2. The molecule has 1 N–H and O–H groups in total. The molecule has 0 saturated heterocycles. The van der Waals surface area contributed by atoms with E-state index >= 15 is 0 Å². The van der Waals surface area contributed by atoms with Crippen LogP contribution in [0.5, 0.6) is 11.8 Å². The SMILES string of the molecule is CC(C)(C)Oc1ccccc1Nc1nc(OCc2ccccc2)ncc1C(F)(F)F. The predicted octanol–water partition coefficient (Wildman–Crippen LogP) is 6.00. The van der Waals surface area contributed by atoms with Gasteiger partial charge in [0.25, 0.3) is 0 Å². The van der Waals surface area contributed by atoms with Crippen LogP contribution in [0.4, 0.5) is 24.7 Å². The minimum Gasteiger partial charge on any atom is -0.486 e. The third kappa shape index (κ3) is 5.85. The van der Waals surface area contributed by atoms with E-state index in [0.29, 0.717) is 17.6 Å². The van der Waals surface area contributed by atoms with Gasteiger partial charge in [-0.1, -0.05) is 42.5 Å². The first-order valence-electron chi connectivity index (χ1n) is 9.28. The van der Waals surface area contributed by atoms with E-state index in [2.05, 4.69) is 15.3 Å². The van der Waals surface area contributed by atoms with E-state index in [9.17, 15) is 13.2 Å². The first-order chi connectivity index (χ1) is 14.1. The molecule has 0 spiro atoms. The summed E-state index contributed by atoms with van der Waals surface area (Å²) < 4.78 is 51.9. The molecule has 0 atom stereocenters. The summed E-state index contributed by atoms with van der Waals surface area (Å²) in [6.45, 7) is 5.69. The summed E-state index contributed by atoms with van der Waals surface area (Å²) in [4.78, 5) is 7.69. The average Bonchev–Trinajstić information content (AvgIpc) is 2.67. The Labute approximate surface area is 172 Å². The highest BCUT2D eigenvalue weighted by molar-refractivity contribution is 5.66. The minimum atomic E-state index is -4.64. The van der Waals surface area contributed by atoms with Gasteiger partial charge in [0.05, 0.1) is 5.69 Å². The Hall–Kier alpha value is -3.29. The van der Waals surface area contributed by atoms with Gasteiger partial charge < -0.3 is 14.8 Å². The van der Waals surface area contributed by atoms with Crippen LogP contribution in [0.25, 0.3) is 0 Å². The number of ether oxygens (including phenoxy) is 2. The van der Waals surface area contributed by atoms with Crippen LogP contribution < -0.4 is 14.8 Å². The van der Waals surface area contributed by atoms with E-state index in [0.717, 1.165) is 5.56 Å². The third-order valence-electron chi connectivity index (χ3n) is 3.84. The van der Waals surface area contributed by atoms with Crippen molar-refractivity contribution in [3.63, 3.8) is 0 Å². The molecule has 158 valence electrons. The van der Waals surface area contributed by atoms with E-state index in [1.807, 2.05) is 51.1 Å². The maximum absolute atomic E-state index is 13.5. The number of hydrogen-bond donors (Lipinski definition) is 1. The summed E-state index contributed by atoms with van der Waals surface area (Å²) in [5.41, 5.74) is -0.328. The molecule has 0 saturated carbocycles. The molecule has 1 aromatic heterocycles. The number of anilines is 2. The number of aromatic nitrogens is 2. The number of halogens is 3. The van der Waals surface area contributed by atoms with Crippen LogP contribution in [0.1, 0.15) is 31.9 Å². The monoisotopic (exact) mass is 417 g/mol. The maximum atomic E-state index is 13.5. The van der Waals surface area contributed by atoms with E-state index < -0.39 is 23.2 Å². The fraction of sp³-hybridized carbons (Fsp3) is 0.273. The van der Waals surface area contributed by atoms with Gasteiger partial charge in [-0.25, -0.2) is 4.98 Å². The highest BCUT2D eigenvalue weighted by Gasteiger charge is 2.35. The smallest absolute Gasteiger partial charge is 0.421 e. The molecular weight excluding hydrogens is 395 g/mol. The minimum absolute atomic E-state index is 0.134. The van der Waals surface area contributed by atoms with E-state index in [4.69, 9.17) is 9.47 Å². The molecule has 0 radical (unpaired) electrons. The van der Waals surface area contributed by atoms with Crippen LogP contribution in [0.2, 0.25) is 0 Å². The summed E-state index contributed by atoms with van der Waals surface area (Å²) in [6.07, 6.45) is -3.93. The van der Waals surface area contributed by atoms with Gasteiger partial charge >= 0.3 is 12.2 Å². The second-order valence-electron chi connectivity index (χ2n) is 7.52. The van der Waals surface area contributed by atoms with Crippen LogP contribution in [-0.4, -0.2) is 15.6 Å². The summed E-state index contributed by atoms with van der Waals surface area (Å²) in [7, 11) is 0. The second-order valence-corrected chi connectivity index (χ2v) is 7.52. The van der Waals surface area contributed by atoms with Gasteiger partial charge in [-0.3, -0.25) is 0 Å². The summed E-state index contributed by atoms with van der Waals surface area (Å²) >= 11 is 0. The highest BCUT2D eigenvalue weighted by Crippen LogP contribution is 2.37. The van der Waals surface area contributed by atoms with Crippen molar-refractivity contribution in [3.05, 3.63) is 71.9 Å². The summed E-state index contributed by atoms with van der Waals surface area (Å²) in [5.74, 6) is -0.00554. The zero-order valence-corrected chi connectivity index (χ0v) is 16.8. The number of nitrogens with one attached hydrogen (secondary N) is 1. The van der Waals surface area contributed by atoms with Crippen molar-refractivity contribution in [2.75, 3.05) is 5.32 Å². The molecule has 0 bridgehead atoms. The standard InChI is InChI=1S/C22H22F3N3O2/c1-21(2,3)30-18-12-8-7-11-17(18)27-19-16(22(23,24)25)13-26-20(28-19)29-14-15-9-5-4-6-10-15/h4-13H,14H2,1-3H3,(H,26,27,28). The first-order valence-corrected chi connectivity index (χ1v) is 9.28. The number of nitrogens with zero attached hydrogens (tertiary/aromatic N) is 2. The van der Waals surface area contributed by atoms with Crippen LogP contribution in [-0.2, 0) is 12.8 Å². The maximum Gasteiger partial charge on any atom is 0.421 e. The topological polar surface area (TPSA) is 56.3 Å². The van der Waals surface area contributed by atoms with Gasteiger partial charge in [-0.15, -0.1) is 0 Å². The van der Waals surface area contributed by atoms with E-state index in [1.165, 1.54) is 0 Å². The number of alkyl halides is 3. The number of benzene rings is 2. The molecule has 30 heavy (non-hydrogen) atoms. The Balaban J connectivity index is 1.90. The molecule has 3 aromatic rings. The van der Waals surface area contributed by atoms with Crippen molar-refractivity contribution in [2.24, 2.45) is 0 Å². The molecule has 0 aliphatic carbocycles. The molecule has 2 aromatic carbocycles. The Morgan fingerprint density at radius 1 is 0.933 bits per heavy atom. The Morgan fingerprint density at radius 3 is 2.27 bits per heavy atom. The van der Waals surface area contributed by atoms with E-state index in [-0.39, 0.29) is 12.6 Å². The molecule has 8 heteroatoms. The first kappa shape index (κ1) is 21.4. The number of hydrogen-bond acceptors (Lipinski definition) is 5. The van der Waals surface area contributed by atoms with Crippen LogP contribution >= 0.6 is 0 Å². The zero-order chi connectivity index (χ0) is 21.8. The zero-order valence-electron chi connectivity index (χ0n) is 16.8. The highest BCUT2D eigenvalue weighted by atomic mass is 19.4. The molecule has 0 aliphatic heterocycles. The summed E-state index contributed by atoms with van der Waals surface area (Å²) in [6, 6.07) is 15.8. The molecule has 1 heterocycles. The quantitative estimate of drug-likeness (QED) is 0.533. The lowest BCUT2D eigenvalue weighted by Gasteiger charge is -2.24. The molecule has 0 unspecified atom stereocenters. The molecule has 0 aliphatic rings. The lowest BCUT2D eigenvalue weighted by Crippen LogP contribution is -2.23. The molecule has 5 nitrogen and oxygen atoms in total. The van der Waals surface area contributed by atoms with Crippen molar-refractivity contribution >= 4 is 11.5 Å². The predicted molar refractivity (Wildman–Crippen MR) is 108 cm³/mol. The van der Waals surface area contributed by atoms with Gasteiger partial charge in [-0.2, -0.15) is 18.2 Å². The Bertz CT molecular complexity index is 987. The van der Waals surface area contributed by atoms with Crippen molar-refractivity contribution in [1.29, 1.82) is 0 Å². The van der Waals surface area contributed by atoms with Crippen LogP contribution in [0.3, 0.4) is 0 Å². The van der Waals surface area contributed by atoms with Gasteiger partial charge in [0.2, 0.25) is 0 Å². The average molecular weight is 417 g/mol. The van der Waals surface area contributed by atoms with E-state index in [1.54, 1.807) is 24.3 Å². The van der Waals surface area contributed by atoms with Gasteiger partial charge in [-0.05, 0) is 38.5 Å².